The number of carbonyl (C=O) groups is 1. The predicted octanol–water partition coefficient (Wildman–Crippen LogP) is 4.02. The third kappa shape index (κ3) is 2.50. The summed E-state index contributed by atoms with van der Waals surface area (Å²) in [5, 5.41) is 14.0. The van der Waals surface area contributed by atoms with Crippen molar-refractivity contribution in [2.45, 2.75) is 19.5 Å². The van der Waals surface area contributed by atoms with Crippen molar-refractivity contribution in [1.82, 2.24) is 4.90 Å². The topological polar surface area (TPSA) is 52.6 Å². The molecule has 0 radical (unpaired) electrons. The molecule has 22 heavy (non-hydrogen) atoms. The van der Waals surface area contributed by atoms with Crippen molar-refractivity contribution in [3.05, 3.63) is 58.6 Å². The Balaban J connectivity index is 2.09. The van der Waals surface area contributed by atoms with Crippen LogP contribution in [0.5, 0.6) is 5.75 Å². The van der Waals surface area contributed by atoms with Crippen LogP contribution in [0, 0.1) is 0 Å². The summed E-state index contributed by atoms with van der Waals surface area (Å²) in [6.45, 7) is 2.62. The van der Waals surface area contributed by atoms with Crippen molar-refractivity contribution < 1.29 is 9.90 Å². The largest absolute Gasteiger partial charge is 0.508 e. The zero-order chi connectivity index (χ0) is 15.7. The molecule has 2 aromatic rings. The molecule has 1 atom stereocenters. The van der Waals surface area contributed by atoms with Gasteiger partial charge in [0.15, 0.2) is 0 Å². The molecule has 2 N–H and O–H groups in total. The molecule has 1 amide bonds. The highest BCUT2D eigenvalue weighted by molar-refractivity contribution is 6.31. The molecule has 114 valence electrons. The fourth-order valence-electron chi connectivity index (χ4n) is 2.76. The molecule has 5 heteroatoms. The molecule has 0 aromatic heterocycles. The van der Waals surface area contributed by atoms with Crippen LogP contribution in [0.15, 0.2) is 42.5 Å². The lowest BCUT2D eigenvalue weighted by Gasteiger charge is -2.38. The number of nitrogens with zero attached hydrogens (tertiary/aromatic N) is 1. The van der Waals surface area contributed by atoms with Gasteiger partial charge in [0.2, 0.25) is 0 Å². The molecule has 1 aliphatic heterocycles. The minimum absolute atomic E-state index is 0.0551. The van der Waals surface area contributed by atoms with E-state index in [9.17, 15) is 9.90 Å². The molecule has 0 aliphatic carbocycles. The first-order chi connectivity index (χ1) is 10.6. The number of rotatable bonds is 3. The number of halogens is 1. The van der Waals surface area contributed by atoms with E-state index in [1.807, 2.05) is 19.1 Å². The third-order valence-electron chi connectivity index (χ3n) is 3.77. The maximum absolute atomic E-state index is 12.8. The molecule has 2 aromatic carbocycles. The van der Waals surface area contributed by atoms with Gasteiger partial charge in [0.05, 0.1) is 11.3 Å². The summed E-state index contributed by atoms with van der Waals surface area (Å²) in [4.78, 5) is 14.5. The second-order valence-electron chi connectivity index (χ2n) is 5.29. The SMILES string of the molecule is CCCN1C(=O)c2ccc(Cl)cc2NC1c1ccccc1O. The van der Waals surface area contributed by atoms with Gasteiger partial charge in [-0.25, -0.2) is 0 Å². The normalized spacial score (nSPS) is 17.1. The van der Waals surface area contributed by atoms with Gasteiger partial charge in [-0.3, -0.25) is 4.79 Å². The van der Waals surface area contributed by atoms with E-state index >= 15 is 0 Å². The zero-order valence-electron chi connectivity index (χ0n) is 12.2. The van der Waals surface area contributed by atoms with Gasteiger partial charge in [-0.2, -0.15) is 0 Å². The molecular formula is C17H17ClN2O2. The van der Waals surface area contributed by atoms with Crippen LogP contribution in [0.4, 0.5) is 5.69 Å². The number of phenols is 1. The van der Waals surface area contributed by atoms with Gasteiger partial charge < -0.3 is 15.3 Å². The summed E-state index contributed by atoms with van der Waals surface area (Å²) < 4.78 is 0. The van der Waals surface area contributed by atoms with E-state index < -0.39 is 6.17 Å². The van der Waals surface area contributed by atoms with Crippen LogP contribution in [0.2, 0.25) is 5.02 Å². The van der Waals surface area contributed by atoms with E-state index in [0.29, 0.717) is 28.4 Å². The van der Waals surface area contributed by atoms with Crippen LogP contribution in [-0.2, 0) is 0 Å². The summed E-state index contributed by atoms with van der Waals surface area (Å²) in [7, 11) is 0. The molecule has 3 rings (SSSR count). The first-order valence-corrected chi connectivity index (χ1v) is 7.64. The number of fused-ring (bicyclic) bond motifs is 1. The number of hydrogen-bond donors (Lipinski definition) is 2. The number of aromatic hydroxyl groups is 1. The number of benzene rings is 2. The van der Waals surface area contributed by atoms with Gasteiger partial charge >= 0.3 is 0 Å². The molecular weight excluding hydrogens is 300 g/mol. The first kappa shape index (κ1) is 14.7. The summed E-state index contributed by atoms with van der Waals surface area (Å²) in [6.07, 6.45) is 0.431. The second kappa shape index (κ2) is 5.89. The smallest absolute Gasteiger partial charge is 0.257 e. The Bertz CT molecular complexity index is 718. The lowest BCUT2D eigenvalue weighted by atomic mass is 10.0. The van der Waals surface area contributed by atoms with E-state index in [1.54, 1.807) is 35.2 Å². The van der Waals surface area contributed by atoms with Crippen molar-refractivity contribution in [3.63, 3.8) is 0 Å². The van der Waals surface area contributed by atoms with Crippen LogP contribution < -0.4 is 5.32 Å². The Kier molecular flexibility index (Phi) is 3.94. The monoisotopic (exact) mass is 316 g/mol. The summed E-state index contributed by atoms with van der Waals surface area (Å²) in [6, 6.07) is 12.2. The fraction of sp³-hybridized carbons (Fsp3) is 0.235. The number of nitrogens with one attached hydrogen (secondary N) is 1. The number of carbonyl (C=O) groups excluding carboxylic acids is 1. The van der Waals surface area contributed by atoms with Crippen molar-refractivity contribution in [2.75, 3.05) is 11.9 Å². The molecule has 1 heterocycles. The summed E-state index contributed by atoms with van der Waals surface area (Å²) in [5.74, 6) is 0.111. The zero-order valence-corrected chi connectivity index (χ0v) is 13.0. The standard InChI is InChI=1S/C17H17ClN2O2/c1-2-9-20-16(13-5-3-4-6-15(13)21)19-14-10-11(18)7-8-12(14)17(20)22/h3-8,10,16,19,21H,2,9H2,1H3. The molecule has 0 saturated heterocycles. The maximum Gasteiger partial charge on any atom is 0.257 e. The van der Waals surface area contributed by atoms with Gasteiger partial charge in [0.25, 0.3) is 5.91 Å². The van der Waals surface area contributed by atoms with Crippen LogP contribution in [0.3, 0.4) is 0 Å². The molecule has 0 fully saturated rings. The Morgan fingerprint density at radius 2 is 2.05 bits per heavy atom. The number of phenolic OH excluding ortho intramolecular Hbond substituents is 1. The van der Waals surface area contributed by atoms with Crippen LogP contribution in [0.25, 0.3) is 0 Å². The van der Waals surface area contributed by atoms with E-state index in [0.717, 1.165) is 6.42 Å². The van der Waals surface area contributed by atoms with E-state index in [-0.39, 0.29) is 11.7 Å². The molecule has 0 bridgehead atoms. The Morgan fingerprint density at radius 1 is 1.27 bits per heavy atom. The Hall–Kier alpha value is -2.20. The predicted molar refractivity (Wildman–Crippen MR) is 87.3 cm³/mol. The minimum Gasteiger partial charge on any atom is -0.508 e. The van der Waals surface area contributed by atoms with Crippen LogP contribution in [0.1, 0.15) is 35.4 Å². The highest BCUT2D eigenvalue weighted by Crippen LogP contribution is 2.37. The Labute approximate surface area is 134 Å². The van der Waals surface area contributed by atoms with Gasteiger partial charge in [0, 0.05) is 17.1 Å². The molecule has 0 saturated carbocycles. The lowest BCUT2D eigenvalue weighted by Crippen LogP contribution is -2.43. The lowest BCUT2D eigenvalue weighted by molar-refractivity contribution is 0.0681. The quantitative estimate of drug-likeness (QED) is 0.899. The molecule has 0 spiro atoms. The fourth-order valence-corrected chi connectivity index (χ4v) is 2.93. The van der Waals surface area contributed by atoms with Crippen molar-refractivity contribution in [2.24, 2.45) is 0 Å². The van der Waals surface area contributed by atoms with Gasteiger partial charge in [-0.1, -0.05) is 36.7 Å². The highest BCUT2D eigenvalue weighted by atomic mass is 35.5. The second-order valence-corrected chi connectivity index (χ2v) is 5.73. The number of anilines is 1. The molecule has 1 aliphatic rings. The van der Waals surface area contributed by atoms with Crippen molar-refractivity contribution >= 4 is 23.2 Å². The number of amides is 1. The summed E-state index contributed by atoms with van der Waals surface area (Å²) in [5.41, 5.74) is 1.97. The van der Waals surface area contributed by atoms with E-state index in [1.165, 1.54) is 0 Å². The molecule has 1 unspecified atom stereocenters. The number of hydrogen-bond acceptors (Lipinski definition) is 3. The van der Waals surface area contributed by atoms with Gasteiger partial charge in [0.1, 0.15) is 11.9 Å². The Morgan fingerprint density at radius 3 is 2.77 bits per heavy atom. The average Bonchev–Trinajstić information content (AvgIpc) is 2.50. The van der Waals surface area contributed by atoms with Crippen molar-refractivity contribution in [1.29, 1.82) is 0 Å². The third-order valence-corrected chi connectivity index (χ3v) is 4.01. The summed E-state index contributed by atoms with van der Waals surface area (Å²) >= 11 is 6.03. The maximum atomic E-state index is 12.8. The van der Waals surface area contributed by atoms with E-state index in [2.05, 4.69) is 5.32 Å². The van der Waals surface area contributed by atoms with Crippen LogP contribution in [-0.4, -0.2) is 22.5 Å². The van der Waals surface area contributed by atoms with Crippen LogP contribution >= 0.6 is 11.6 Å². The van der Waals surface area contributed by atoms with E-state index in [4.69, 9.17) is 11.6 Å². The first-order valence-electron chi connectivity index (χ1n) is 7.26. The number of para-hydroxylation sites is 1. The van der Waals surface area contributed by atoms with Gasteiger partial charge in [-0.15, -0.1) is 0 Å². The molecule has 4 nitrogen and oxygen atoms in total. The average molecular weight is 317 g/mol. The highest BCUT2D eigenvalue weighted by Gasteiger charge is 2.33. The van der Waals surface area contributed by atoms with Gasteiger partial charge in [-0.05, 0) is 30.7 Å². The minimum atomic E-state index is -0.403. The van der Waals surface area contributed by atoms with Crippen molar-refractivity contribution in [3.8, 4) is 5.75 Å².